The number of methoxy groups -OCH3 is 2. The molecule has 1 fully saturated rings. The van der Waals surface area contributed by atoms with Gasteiger partial charge in [-0.3, -0.25) is 4.79 Å². The first kappa shape index (κ1) is 15.6. The Balaban J connectivity index is 2.14. The van der Waals surface area contributed by atoms with E-state index in [0.717, 1.165) is 24.9 Å². The molecule has 116 valence electrons. The van der Waals surface area contributed by atoms with Crippen LogP contribution in [0.4, 0.5) is 0 Å². The van der Waals surface area contributed by atoms with Gasteiger partial charge in [0.2, 0.25) is 5.91 Å². The average Bonchev–Trinajstić information content (AvgIpc) is 2.53. The molecular formula is C16H24N2O3. The molecule has 0 saturated carbocycles. The number of carbonyl (C=O) groups is 1. The van der Waals surface area contributed by atoms with Crippen molar-refractivity contribution in [1.82, 2.24) is 10.2 Å². The van der Waals surface area contributed by atoms with Gasteiger partial charge in [-0.2, -0.15) is 0 Å². The van der Waals surface area contributed by atoms with Crippen LogP contribution in [0.5, 0.6) is 11.5 Å². The van der Waals surface area contributed by atoms with E-state index < -0.39 is 0 Å². The van der Waals surface area contributed by atoms with Crippen molar-refractivity contribution in [2.24, 2.45) is 0 Å². The molecule has 1 N–H and O–H groups in total. The summed E-state index contributed by atoms with van der Waals surface area (Å²) < 4.78 is 10.6. The van der Waals surface area contributed by atoms with Gasteiger partial charge < -0.3 is 19.7 Å². The highest BCUT2D eigenvalue weighted by atomic mass is 16.5. The van der Waals surface area contributed by atoms with Gasteiger partial charge in [-0.15, -0.1) is 0 Å². The van der Waals surface area contributed by atoms with Gasteiger partial charge in [-0.25, -0.2) is 0 Å². The summed E-state index contributed by atoms with van der Waals surface area (Å²) in [4.78, 5) is 13.9. The van der Waals surface area contributed by atoms with Crippen molar-refractivity contribution >= 4 is 5.91 Å². The molecule has 0 aliphatic carbocycles. The van der Waals surface area contributed by atoms with Crippen LogP contribution in [0.15, 0.2) is 18.2 Å². The average molecular weight is 292 g/mol. The van der Waals surface area contributed by atoms with Gasteiger partial charge >= 0.3 is 0 Å². The molecule has 5 heteroatoms. The molecule has 2 rings (SSSR count). The lowest BCUT2D eigenvalue weighted by Crippen LogP contribution is -2.40. The summed E-state index contributed by atoms with van der Waals surface area (Å²) in [6.45, 7) is 1.54. The number of rotatable bonds is 6. The molecule has 0 radical (unpaired) electrons. The maximum atomic E-state index is 12.0. The van der Waals surface area contributed by atoms with Crippen LogP contribution >= 0.6 is 0 Å². The Hall–Kier alpha value is -1.75. The Kier molecular flexibility index (Phi) is 5.44. The molecule has 21 heavy (non-hydrogen) atoms. The number of nitrogens with zero attached hydrogens (tertiary/aromatic N) is 1. The number of carbonyl (C=O) groups excluding carboxylic acids is 1. The van der Waals surface area contributed by atoms with E-state index in [2.05, 4.69) is 5.32 Å². The van der Waals surface area contributed by atoms with Gasteiger partial charge in [0.15, 0.2) is 11.5 Å². The first-order valence-corrected chi connectivity index (χ1v) is 7.36. The van der Waals surface area contributed by atoms with Crippen LogP contribution in [0, 0.1) is 0 Å². The fourth-order valence-corrected chi connectivity index (χ4v) is 2.71. The van der Waals surface area contributed by atoms with Gasteiger partial charge in [0.1, 0.15) is 0 Å². The zero-order valence-electron chi connectivity index (χ0n) is 13.0. The predicted octanol–water partition coefficient (Wildman–Crippen LogP) is 1.98. The third-order valence-electron chi connectivity index (χ3n) is 3.98. The van der Waals surface area contributed by atoms with Crippen molar-refractivity contribution in [3.63, 3.8) is 0 Å². The lowest BCUT2D eigenvalue weighted by atomic mass is 10.0. The number of amides is 1. The molecule has 1 atom stereocenters. The van der Waals surface area contributed by atoms with Gasteiger partial charge in [0, 0.05) is 25.6 Å². The predicted molar refractivity (Wildman–Crippen MR) is 81.8 cm³/mol. The Bertz CT molecular complexity index is 490. The lowest BCUT2D eigenvalue weighted by Gasteiger charge is -2.31. The monoisotopic (exact) mass is 292 g/mol. The van der Waals surface area contributed by atoms with Gasteiger partial charge in [0.05, 0.1) is 14.2 Å². The Morgan fingerprint density at radius 1 is 1.24 bits per heavy atom. The summed E-state index contributed by atoms with van der Waals surface area (Å²) in [6, 6.07) is 5.97. The molecule has 1 amide bonds. The number of hydrogen-bond acceptors (Lipinski definition) is 4. The number of likely N-dealkylation sites (N-methyl/N-ethyl adjacent to an activating group) is 1. The van der Waals surface area contributed by atoms with E-state index in [0.29, 0.717) is 24.5 Å². The lowest BCUT2D eigenvalue weighted by molar-refractivity contribution is -0.133. The minimum absolute atomic E-state index is 0.0897. The molecule has 1 aliphatic rings. The second-order valence-corrected chi connectivity index (χ2v) is 5.25. The Morgan fingerprint density at radius 2 is 2.00 bits per heavy atom. The highest BCUT2D eigenvalue weighted by molar-refractivity contribution is 5.76. The van der Waals surface area contributed by atoms with E-state index in [1.807, 2.05) is 30.1 Å². The highest BCUT2D eigenvalue weighted by Gasteiger charge is 2.22. The van der Waals surface area contributed by atoms with Crippen molar-refractivity contribution in [3.8, 4) is 11.5 Å². The number of likely N-dealkylation sites (tertiary alicyclic amines) is 1. The highest BCUT2D eigenvalue weighted by Crippen LogP contribution is 2.30. The summed E-state index contributed by atoms with van der Waals surface area (Å²) in [5.74, 6) is 1.67. The van der Waals surface area contributed by atoms with Crippen molar-refractivity contribution in [3.05, 3.63) is 23.8 Å². The number of ether oxygens (including phenoxy) is 2. The molecule has 1 unspecified atom stereocenters. The molecule has 1 aliphatic heterocycles. The fraction of sp³-hybridized carbons (Fsp3) is 0.562. The van der Waals surface area contributed by atoms with Crippen LogP contribution in [-0.2, 0) is 4.79 Å². The molecule has 0 bridgehead atoms. The van der Waals surface area contributed by atoms with Crippen molar-refractivity contribution in [2.75, 3.05) is 34.4 Å². The van der Waals surface area contributed by atoms with Gasteiger partial charge in [-0.1, -0.05) is 6.07 Å². The van der Waals surface area contributed by atoms with Gasteiger partial charge in [-0.05, 0) is 37.6 Å². The van der Waals surface area contributed by atoms with E-state index in [1.54, 1.807) is 14.2 Å². The molecule has 1 heterocycles. The van der Waals surface area contributed by atoms with Crippen LogP contribution in [-0.4, -0.2) is 45.2 Å². The fourth-order valence-electron chi connectivity index (χ4n) is 2.71. The topological polar surface area (TPSA) is 50.8 Å². The SMILES string of the molecule is CNC(CN1CCCCC1=O)c1ccc(OC)c(OC)c1. The Labute approximate surface area is 126 Å². The summed E-state index contributed by atoms with van der Waals surface area (Å²) in [7, 11) is 5.17. The summed E-state index contributed by atoms with van der Waals surface area (Å²) in [5.41, 5.74) is 1.09. The number of benzene rings is 1. The number of hydrogen-bond donors (Lipinski definition) is 1. The normalized spacial score (nSPS) is 16.7. The number of nitrogens with one attached hydrogen (secondary N) is 1. The minimum atomic E-state index is 0.0897. The second kappa shape index (κ2) is 7.31. The third-order valence-corrected chi connectivity index (χ3v) is 3.98. The van der Waals surface area contributed by atoms with Crippen LogP contribution in [0.25, 0.3) is 0 Å². The maximum Gasteiger partial charge on any atom is 0.222 e. The maximum absolute atomic E-state index is 12.0. The summed E-state index contributed by atoms with van der Waals surface area (Å²) >= 11 is 0. The first-order chi connectivity index (χ1) is 10.2. The van der Waals surface area contributed by atoms with E-state index in [-0.39, 0.29) is 11.9 Å². The zero-order valence-corrected chi connectivity index (χ0v) is 13.0. The van der Waals surface area contributed by atoms with Crippen molar-refractivity contribution < 1.29 is 14.3 Å². The van der Waals surface area contributed by atoms with E-state index in [9.17, 15) is 4.79 Å². The molecule has 1 aromatic carbocycles. The first-order valence-electron chi connectivity index (χ1n) is 7.36. The second-order valence-electron chi connectivity index (χ2n) is 5.25. The smallest absolute Gasteiger partial charge is 0.222 e. The number of piperidine rings is 1. The standard InChI is InChI=1S/C16H24N2O3/c1-17-13(11-18-9-5-4-6-16(18)19)12-7-8-14(20-2)15(10-12)21-3/h7-8,10,13,17H,4-6,9,11H2,1-3H3. The van der Waals surface area contributed by atoms with Crippen molar-refractivity contribution in [1.29, 1.82) is 0 Å². The van der Waals surface area contributed by atoms with E-state index in [1.165, 1.54) is 0 Å². The molecular weight excluding hydrogens is 268 g/mol. The van der Waals surface area contributed by atoms with Crippen LogP contribution in [0.2, 0.25) is 0 Å². The summed E-state index contributed by atoms with van der Waals surface area (Å²) in [5, 5.41) is 3.28. The van der Waals surface area contributed by atoms with Crippen LogP contribution in [0.1, 0.15) is 30.9 Å². The molecule has 1 aromatic rings. The quantitative estimate of drug-likeness (QED) is 0.871. The van der Waals surface area contributed by atoms with Crippen LogP contribution < -0.4 is 14.8 Å². The largest absolute Gasteiger partial charge is 0.493 e. The Morgan fingerprint density at radius 3 is 2.62 bits per heavy atom. The molecule has 1 saturated heterocycles. The summed E-state index contributed by atoms with van der Waals surface area (Å²) in [6.07, 6.45) is 2.77. The zero-order chi connectivity index (χ0) is 15.2. The molecule has 5 nitrogen and oxygen atoms in total. The van der Waals surface area contributed by atoms with E-state index in [4.69, 9.17) is 9.47 Å². The van der Waals surface area contributed by atoms with E-state index >= 15 is 0 Å². The molecule has 0 aromatic heterocycles. The van der Waals surface area contributed by atoms with Crippen molar-refractivity contribution in [2.45, 2.75) is 25.3 Å². The third kappa shape index (κ3) is 3.67. The van der Waals surface area contributed by atoms with Gasteiger partial charge in [0.25, 0.3) is 0 Å². The van der Waals surface area contributed by atoms with Crippen LogP contribution in [0.3, 0.4) is 0 Å². The minimum Gasteiger partial charge on any atom is -0.493 e. The molecule has 0 spiro atoms.